The summed E-state index contributed by atoms with van der Waals surface area (Å²) in [5, 5.41) is 14.4. The van der Waals surface area contributed by atoms with Crippen molar-refractivity contribution in [2.75, 3.05) is 6.54 Å². The fourth-order valence-electron chi connectivity index (χ4n) is 3.91. The molecule has 6 nitrogen and oxygen atoms in total. The van der Waals surface area contributed by atoms with Crippen molar-refractivity contribution in [3.05, 3.63) is 28.3 Å². The van der Waals surface area contributed by atoms with Crippen LogP contribution in [0.25, 0.3) is 0 Å². The minimum absolute atomic E-state index is 0.0476. The van der Waals surface area contributed by atoms with E-state index in [0.29, 0.717) is 79.8 Å². The third-order valence-corrected chi connectivity index (χ3v) is 5.19. The predicted molar refractivity (Wildman–Crippen MR) is 102 cm³/mol. The molecule has 1 aromatic rings. The highest BCUT2D eigenvalue weighted by atomic mass is 16.5. The summed E-state index contributed by atoms with van der Waals surface area (Å²) in [6.07, 6.45) is 4.60. The number of Topliss-reactive ketones (excluding diaryl/α,β-unsaturated/α-hetero) is 2. The number of aliphatic hydroxyl groups excluding tert-OH is 1. The number of ketones is 2. The van der Waals surface area contributed by atoms with Crippen molar-refractivity contribution in [3.8, 4) is 0 Å². The van der Waals surface area contributed by atoms with Crippen LogP contribution in [0.2, 0.25) is 0 Å². The minimum atomic E-state index is -0.111. The molecule has 146 valence electrons. The van der Waals surface area contributed by atoms with E-state index in [4.69, 9.17) is 4.52 Å². The third kappa shape index (κ3) is 4.20. The Kier molecular flexibility index (Phi) is 5.63. The zero-order chi connectivity index (χ0) is 19.6. The Labute approximate surface area is 159 Å². The fraction of sp³-hybridized carbons (Fsp3) is 0.619. The molecule has 0 aliphatic heterocycles. The Morgan fingerprint density at radius 1 is 1.22 bits per heavy atom. The maximum Gasteiger partial charge on any atom is 0.168 e. The zero-order valence-electron chi connectivity index (χ0n) is 16.4. The lowest BCUT2D eigenvalue weighted by atomic mass is 9.76. The molecule has 0 unspecified atom stereocenters. The third-order valence-electron chi connectivity index (χ3n) is 5.19. The Morgan fingerprint density at radius 2 is 2.00 bits per heavy atom. The van der Waals surface area contributed by atoms with Crippen molar-refractivity contribution in [2.24, 2.45) is 10.4 Å². The van der Waals surface area contributed by atoms with Crippen LogP contribution in [0, 0.1) is 5.41 Å². The van der Waals surface area contributed by atoms with Crippen molar-refractivity contribution >= 4 is 17.3 Å². The van der Waals surface area contributed by atoms with Gasteiger partial charge in [-0.1, -0.05) is 25.9 Å². The maximum atomic E-state index is 12.6. The second kappa shape index (κ2) is 7.79. The van der Waals surface area contributed by atoms with Gasteiger partial charge in [0.2, 0.25) is 0 Å². The van der Waals surface area contributed by atoms with Crippen molar-refractivity contribution in [3.63, 3.8) is 0 Å². The Balaban J connectivity index is 1.83. The summed E-state index contributed by atoms with van der Waals surface area (Å²) in [6.45, 7) is 6.72. The number of aromatic nitrogens is 1. The van der Waals surface area contributed by atoms with Crippen molar-refractivity contribution < 1.29 is 19.2 Å². The van der Waals surface area contributed by atoms with Gasteiger partial charge in [-0.25, -0.2) is 0 Å². The van der Waals surface area contributed by atoms with E-state index in [1.807, 2.05) is 6.92 Å². The van der Waals surface area contributed by atoms with Gasteiger partial charge in [0.15, 0.2) is 11.6 Å². The minimum Gasteiger partial charge on any atom is -0.511 e. The summed E-state index contributed by atoms with van der Waals surface area (Å²) in [5.41, 5.74) is 2.13. The summed E-state index contributed by atoms with van der Waals surface area (Å²) in [4.78, 5) is 29.5. The first kappa shape index (κ1) is 19.5. The first-order chi connectivity index (χ1) is 12.8. The lowest BCUT2D eigenvalue weighted by molar-refractivity contribution is -0.115. The molecule has 0 aromatic carbocycles. The molecule has 0 saturated heterocycles. The van der Waals surface area contributed by atoms with Crippen LogP contribution in [-0.2, 0) is 17.6 Å². The average molecular weight is 372 g/mol. The number of carbonyl (C=O) groups is 2. The molecule has 0 amide bonds. The number of allylic oxidation sites excluding steroid dienone is 2. The Bertz CT molecular complexity index is 814. The molecule has 1 aromatic heterocycles. The molecule has 27 heavy (non-hydrogen) atoms. The Hall–Kier alpha value is -2.24. The van der Waals surface area contributed by atoms with Crippen LogP contribution in [0.15, 0.2) is 20.8 Å². The first-order valence-electron chi connectivity index (χ1n) is 9.82. The van der Waals surface area contributed by atoms with Gasteiger partial charge >= 0.3 is 0 Å². The van der Waals surface area contributed by atoms with Gasteiger partial charge in [-0.3, -0.25) is 14.6 Å². The maximum absolute atomic E-state index is 12.6. The first-order valence-corrected chi connectivity index (χ1v) is 9.82. The van der Waals surface area contributed by atoms with E-state index in [9.17, 15) is 14.7 Å². The van der Waals surface area contributed by atoms with Gasteiger partial charge in [0.25, 0.3) is 0 Å². The van der Waals surface area contributed by atoms with Crippen LogP contribution < -0.4 is 0 Å². The SMILES string of the molecule is CCCN=C(CCc1noc2c1C(=O)CC(C)(C)C2)C1=C(O)CCCC1=O. The molecule has 0 bridgehead atoms. The number of aliphatic hydroxyl groups is 1. The molecule has 0 spiro atoms. The standard InChI is InChI=1S/C21H28N2O4/c1-4-10-22-13(19-15(24)6-5-7-16(19)25)8-9-14-20-17(26)11-21(2,3)12-18(20)27-23-14/h24H,4-12H2,1-3H3. The Morgan fingerprint density at radius 3 is 2.70 bits per heavy atom. The van der Waals surface area contributed by atoms with E-state index >= 15 is 0 Å². The monoisotopic (exact) mass is 372 g/mol. The van der Waals surface area contributed by atoms with Crippen LogP contribution in [0.4, 0.5) is 0 Å². The number of fused-ring (bicyclic) bond motifs is 1. The quantitative estimate of drug-likeness (QED) is 0.756. The van der Waals surface area contributed by atoms with Gasteiger partial charge in [0.05, 0.1) is 16.8 Å². The molecular weight excluding hydrogens is 344 g/mol. The van der Waals surface area contributed by atoms with Crippen LogP contribution in [0.1, 0.15) is 81.1 Å². The topological polar surface area (TPSA) is 92.8 Å². The molecule has 6 heteroatoms. The number of hydrogen-bond donors (Lipinski definition) is 1. The highest BCUT2D eigenvalue weighted by molar-refractivity contribution is 6.23. The fourth-order valence-corrected chi connectivity index (χ4v) is 3.91. The number of rotatable bonds is 6. The van der Waals surface area contributed by atoms with Crippen molar-refractivity contribution in [1.29, 1.82) is 0 Å². The van der Waals surface area contributed by atoms with E-state index in [1.54, 1.807) is 0 Å². The second-order valence-corrected chi connectivity index (χ2v) is 8.30. The lowest BCUT2D eigenvalue weighted by Gasteiger charge is -2.26. The lowest BCUT2D eigenvalue weighted by Crippen LogP contribution is -2.26. The van der Waals surface area contributed by atoms with Gasteiger partial charge in [0, 0.05) is 37.9 Å². The van der Waals surface area contributed by atoms with Crippen LogP contribution in [0.3, 0.4) is 0 Å². The summed E-state index contributed by atoms with van der Waals surface area (Å²) in [7, 11) is 0. The van der Waals surface area contributed by atoms with E-state index in [0.717, 1.165) is 6.42 Å². The molecular formula is C21H28N2O4. The van der Waals surface area contributed by atoms with Crippen molar-refractivity contribution in [1.82, 2.24) is 5.16 Å². The molecule has 0 radical (unpaired) electrons. The molecule has 2 aliphatic carbocycles. The smallest absolute Gasteiger partial charge is 0.168 e. The van der Waals surface area contributed by atoms with Gasteiger partial charge in [-0.05, 0) is 31.1 Å². The van der Waals surface area contributed by atoms with Gasteiger partial charge in [-0.15, -0.1) is 0 Å². The number of hydrogen-bond acceptors (Lipinski definition) is 6. The van der Waals surface area contributed by atoms with Crippen LogP contribution >= 0.6 is 0 Å². The number of aliphatic imine (C=N–C) groups is 1. The summed E-state index contributed by atoms with van der Waals surface area (Å²) in [6, 6.07) is 0. The van der Waals surface area contributed by atoms with Gasteiger partial charge < -0.3 is 9.63 Å². The second-order valence-electron chi connectivity index (χ2n) is 8.30. The van der Waals surface area contributed by atoms with Gasteiger partial charge in [-0.2, -0.15) is 0 Å². The highest BCUT2D eigenvalue weighted by Crippen LogP contribution is 2.36. The summed E-state index contributed by atoms with van der Waals surface area (Å²) < 4.78 is 5.46. The molecule has 1 heterocycles. The van der Waals surface area contributed by atoms with E-state index < -0.39 is 0 Å². The molecule has 0 saturated carbocycles. The normalized spacial score (nSPS) is 20.2. The number of aryl methyl sites for hydroxylation is 1. The predicted octanol–water partition coefficient (Wildman–Crippen LogP) is 4.18. The number of carbonyl (C=O) groups excluding carboxylic acids is 2. The summed E-state index contributed by atoms with van der Waals surface area (Å²) in [5.74, 6) is 0.823. The molecule has 0 fully saturated rings. The van der Waals surface area contributed by atoms with Gasteiger partial charge in [0.1, 0.15) is 11.5 Å². The molecule has 0 atom stereocenters. The van der Waals surface area contributed by atoms with E-state index in [1.165, 1.54) is 0 Å². The van der Waals surface area contributed by atoms with E-state index in [-0.39, 0.29) is 22.7 Å². The average Bonchev–Trinajstić information content (AvgIpc) is 2.98. The van der Waals surface area contributed by atoms with Crippen molar-refractivity contribution in [2.45, 2.75) is 72.1 Å². The zero-order valence-corrected chi connectivity index (χ0v) is 16.4. The highest BCUT2D eigenvalue weighted by Gasteiger charge is 2.36. The molecule has 1 N–H and O–H groups in total. The van der Waals surface area contributed by atoms with Crippen LogP contribution in [-0.4, -0.2) is 34.1 Å². The van der Waals surface area contributed by atoms with E-state index in [2.05, 4.69) is 24.0 Å². The molecule has 2 aliphatic rings. The van der Waals surface area contributed by atoms with Crippen LogP contribution in [0.5, 0.6) is 0 Å². The largest absolute Gasteiger partial charge is 0.511 e. The number of nitrogens with zero attached hydrogens (tertiary/aromatic N) is 2. The molecule has 3 rings (SSSR count). The summed E-state index contributed by atoms with van der Waals surface area (Å²) >= 11 is 0.